The fraction of sp³-hybridized carbons (Fsp3) is 0.190. The predicted molar refractivity (Wildman–Crippen MR) is 219 cm³/mol. The summed E-state index contributed by atoms with van der Waals surface area (Å²) in [6.07, 6.45) is 3.40. The molecule has 0 N–H and O–H groups in total. The molecule has 308 valence electrons. The summed E-state index contributed by atoms with van der Waals surface area (Å²) < 4.78 is 56.0. The molecule has 0 aliphatic rings. The van der Waals surface area contributed by atoms with Crippen molar-refractivity contribution in [1.82, 2.24) is 49.1 Å². The van der Waals surface area contributed by atoms with Crippen molar-refractivity contribution < 1.29 is 32.2 Å². The van der Waals surface area contributed by atoms with E-state index in [1.165, 1.54) is 24.3 Å². The smallest absolute Gasteiger partial charge is 0.302 e. The van der Waals surface area contributed by atoms with Crippen molar-refractivity contribution in [3.63, 3.8) is 0 Å². The molecule has 0 atom stereocenters. The molecule has 4 aromatic heterocycles. The van der Waals surface area contributed by atoms with Gasteiger partial charge in [-0.15, -0.1) is 14.5 Å². The van der Waals surface area contributed by atoms with Gasteiger partial charge in [0.05, 0.1) is 23.8 Å². The van der Waals surface area contributed by atoms with Gasteiger partial charge in [0, 0.05) is 38.4 Å². The van der Waals surface area contributed by atoms with E-state index in [1.807, 2.05) is 85.6 Å². The molecule has 0 aliphatic carbocycles. The molecule has 0 bridgehead atoms. The van der Waals surface area contributed by atoms with Gasteiger partial charge < -0.3 is 23.7 Å². The van der Waals surface area contributed by atoms with E-state index in [4.69, 9.17) is 23.4 Å². The van der Waals surface area contributed by atoms with Gasteiger partial charge in [0.25, 0.3) is 0 Å². The highest BCUT2D eigenvalue weighted by atomic mass is 32.2. The zero-order chi connectivity index (χ0) is 41.8. The first kappa shape index (κ1) is 41.4. The van der Waals surface area contributed by atoms with Gasteiger partial charge >= 0.3 is 6.01 Å². The molecular formula is C42H40F2N10O5S. The number of halogens is 2. The van der Waals surface area contributed by atoms with Crippen LogP contribution in [0.2, 0.25) is 0 Å². The number of benzene rings is 4. The van der Waals surface area contributed by atoms with Gasteiger partial charge in [0.1, 0.15) is 65.7 Å². The SMILES string of the molecule is CCOCn1nnc(-c2ccc(F)cc2)c1-c1cnc(Oc2ccccc2)n1C.CCOCn1nnc(-c2ccc(F)cc2)c1-c1cnc(SOOc2ccccc2)n1C. The second-order valence-electron chi connectivity index (χ2n) is 12.8. The van der Waals surface area contributed by atoms with Crippen LogP contribution in [0, 0.1) is 11.6 Å². The number of rotatable bonds is 16. The van der Waals surface area contributed by atoms with E-state index in [1.54, 1.807) is 58.2 Å². The Balaban J connectivity index is 0.000000182. The Labute approximate surface area is 348 Å². The maximum atomic E-state index is 13.4. The summed E-state index contributed by atoms with van der Waals surface area (Å²) >= 11 is 0.986. The predicted octanol–water partition coefficient (Wildman–Crippen LogP) is 8.77. The maximum Gasteiger partial charge on any atom is 0.302 e. The van der Waals surface area contributed by atoms with Crippen molar-refractivity contribution in [3.05, 3.63) is 133 Å². The third kappa shape index (κ3) is 9.75. The maximum absolute atomic E-state index is 13.4. The van der Waals surface area contributed by atoms with Crippen molar-refractivity contribution in [1.29, 1.82) is 0 Å². The summed E-state index contributed by atoms with van der Waals surface area (Å²) in [6, 6.07) is 31.3. The lowest BCUT2D eigenvalue weighted by atomic mass is 10.1. The fourth-order valence-electron chi connectivity index (χ4n) is 5.83. The van der Waals surface area contributed by atoms with Crippen LogP contribution in [0.15, 0.2) is 127 Å². The Kier molecular flexibility index (Phi) is 13.7. The van der Waals surface area contributed by atoms with Crippen LogP contribution < -0.4 is 9.62 Å². The lowest BCUT2D eigenvalue weighted by molar-refractivity contribution is -0.0782. The summed E-state index contributed by atoms with van der Waals surface area (Å²) in [5.74, 6) is 0.646. The summed E-state index contributed by atoms with van der Waals surface area (Å²) in [6.45, 7) is 5.34. The first-order valence-electron chi connectivity index (χ1n) is 18.7. The first-order valence-corrected chi connectivity index (χ1v) is 19.5. The summed E-state index contributed by atoms with van der Waals surface area (Å²) in [7, 11) is 3.70. The van der Waals surface area contributed by atoms with E-state index < -0.39 is 0 Å². The normalized spacial score (nSPS) is 11.0. The molecule has 4 heterocycles. The molecule has 18 heteroatoms. The summed E-state index contributed by atoms with van der Waals surface area (Å²) in [5.41, 5.74) is 5.59. The molecule has 15 nitrogen and oxygen atoms in total. The number of imidazole rings is 2. The minimum atomic E-state index is -0.318. The lowest BCUT2D eigenvalue weighted by Crippen LogP contribution is -2.08. The fourth-order valence-corrected chi connectivity index (χ4v) is 6.31. The van der Waals surface area contributed by atoms with Gasteiger partial charge in [-0.2, -0.15) is 0 Å². The van der Waals surface area contributed by atoms with E-state index >= 15 is 0 Å². The third-order valence-corrected chi connectivity index (χ3v) is 9.52. The molecule has 4 aromatic carbocycles. The molecule has 0 fully saturated rings. The highest BCUT2D eigenvalue weighted by Gasteiger charge is 2.23. The van der Waals surface area contributed by atoms with Crippen LogP contribution in [-0.2, 0) is 41.4 Å². The molecule has 0 amide bonds. The van der Waals surface area contributed by atoms with Crippen molar-refractivity contribution >= 4 is 12.0 Å². The standard InChI is InChI=1S/C21H20FN5O3S.C21H20FN5O2/c1-3-28-14-27-20(19(24-25-27)15-9-11-16(22)12-10-15)18-13-23-21(26(18)2)31-30-29-17-7-5-4-6-8-17;1-3-28-14-27-20(19(24-25-27)15-9-11-16(22)12-10-15)18-13-23-21(26(18)2)29-17-7-5-4-6-8-17/h4-13H,3,14H2,1-2H3;4-13H,3,14H2,1-2H3. The van der Waals surface area contributed by atoms with E-state index in [2.05, 4.69) is 30.6 Å². The molecule has 0 spiro atoms. The van der Waals surface area contributed by atoms with E-state index in [9.17, 15) is 8.78 Å². The second-order valence-corrected chi connectivity index (χ2v) is 13.4. The first-order chi connectivity index (χ1) is 29.3. The van der Waals surface area contributed by atoms with Crippen molar-refractivity contribution in [2.75, 3.05) is 13.2 Å². The Morgan fingerprint density at radius 2 is 1.07 bits per heavy atom. The molecule has 0 saturated heterocycles. The minimum absolute atomic E-state index is 0.224. The summed E-state index contributed by atoms with van der Waals surface area (Å²) in [4.78, 5) is 14.1. The number of para-hydroxylation sites is 2. The molecule has 0 saturated carbocycles. The van der Waals surface area contributed by atoms with Crippen molar-refractivity contribution in [2.45, 2.75) is 32.5 Å². The second kappa shape index (κ2) is 19.8. The van der Waals surface area contributed by atoms with Crippen LogP contribution >= 0.6 is 12.0 Å². The van der Waals surface area contributed by atoms with Crippen LogP contribution in [0.25, 0.3) is 45.3 Å². The average molecular weight is 835 g/mol. The third-order valence-electron chi connectivity index (χ3n) is 8.85. The van der Waals surface area contributed by atoms with Crippen LogP contribution in [0.4, 0.5) is 8.78 Å². The van der Waals surface area contributed by atoms with E-state index in [0.717, 1.165) is 34.6 Å². The number of ether oxygens (including phenoxy) is 3. The van der Waals surface area contributed by atoms with Gasteiger partial charge in [0.2, 0.25) is 0 Å². The van der Waals surface area contributed by atoms with Gasteiger partial charge in [-0.25, -0.2) is 28.1 Å². The van der Waals surface area contributed by atoms with Gasteiger partial charge in [-0.1, -0.05) is 46.8 Å². The molecule has 60 heavy (non-hydrogen) atoms. The van der Waals surface area contributed by atoms with Crippen LogP contribution in [0.3, 0.4) is 0 Å². The molecule has 0 unspecified atom stereocenters. The molecular weight excluding hydrogens is 795 g/mol. The van der Waals surface area contributed by atoms with Gasteiger partial charge in [-0.3, -0.25) is 4.57 Å². The quantitative estimate of drug-likeness (QED) is 0.0522. The van der Waals surface area contributed by atoms with Crippen LogP contribution in [0.5, 0.6) is 17.5 Å². The average Bonchev–Trinajstić information content (AvgIpc) is 4.06. The molecule has 8 rings (SSSR count). The van der Waals surface area contributed by atoms with Crippen LogP contribution in [-0.4, -0.2) is 62.3 Å². The van der Waals surface area contributed by atoms with Gasteiger partial charge in [0.15, 0.2) is 10.9 Å². The Hall–Kier alpha value is -6.73. The number of nitrogens with zero attached hydrogens (tertiary/aromatic N) is 10. The Morgan fingerprint density at radius 1 is 0.583 bits per heavy atom. The highest BCUT2D eigenvalue weighted by Crippen LogP contribution is 2.34. The topological polar surface area (TPSA) is 143 Å². The molecule has 0 aliphatic heterocycles. The monoisotopic (exact) mass is 834 g/mol. The zero-order valence-electron chi connectivity index (χ0n) is 33.1. The summed E-state index contributed by atoms with van der Waals surface area (Å²) in [5, 5.41) is 17.6. The van der Waals surface area contributed by atoms with Crippen molar-refractivity contribution in [3.8, 4) is 62.8 Å². The highest BCUT2D eigenvalue weighted by molar-refractivity contribution is 7.94. The number of aromatic nitrogens is 10. The Morgan fingerprint density at radius 3 is 1.58 bits per heavy atom. The van der Waals surface area contributed by atoms with Crippen molar-refractivity contribution in [2.24, 2.45) is 14.1 Å². The number of hydrogen-bond acceptors (Lipinski definition) is 12. The lowest BCUT2D eigenvalue weighted by Gasteiger charge is -2.10. The minimum Gasteiger partial charge on any atom is -0.426 e. The van der Waals surface area contributed by atoms with Crippen LogP contribution in [0.1, 0.15) is 13.8 Å². The largest absolute Gasteiger partial charge is 0.426 e. The van der Waals surface area contributed by atoms with E-state index in [-0.39, 0.29) is 25.1 Å². The Bertz CT molecular complexity index is 2580. The van der Waals surface area contributed by atoms with Gasteiger partial charge in [-0.05, 0) is 86.6 Å². The number of hydrogen-bond donors (Lipinski definition) is 0. The zero-order valence-corrected chi connectivity index (χ0v) is 33.9. The molecule has 0 radical (unpaired) electrons. The van der Waals surface area contributed by atoms with E-state index in [0.29, 0.717) is 58.7 Å². The molecule has 8 aromatic rings.